The van der Waals surface area contributed by atoms with Gasteiger partial charge < -0.3 is 29.9 Å². The van der Waals surface area contributed by atoms with E-state index in [1.807, 2.05) is 0 Å². The van der Waals surface area contributed by atoms with Gasteiger partial charge in [-0.25, -0.2) is 0 Å². The Morgan fingerprint density at radius 2 is 1.58 bits per heavy atom. The quantitative estimate of drug-likeness (QED) is 0.578. The van der Waals surface area contributed by atoms with E-state index in [2.05, 4.69) is 0 Å². The van der Waals surface area contributed by atoms with Crippen molar-refractivity contribution in [2.45, 2.75) is 25.4 Å². The van der Waals surface area contributed by atoms with Gasteiger partial charge in [0.2, 0.25) is 0 Å². The van der Waals surface area contributed by atoms with Crippen LogP contribution in [-0.4, -0.2) is 40.2 Å². The van der Waals surface area contributed by atoms with Gasteiger partial charge in [-0.05, 0) is 17.7 Å². The van der Waals surface area contributed by atoms with Crippen LogP contribution in [0.4, 0.5) is 0 Å². The molecule has 0 aliphatic carbocycles. The summed E-state index contributed by atoms with van der Waals surface area (Å²) in [6, 6.07) is 11.8. The molecule has 6 heteroatoms. The van der Waals surface area contributed by atoms with Crippen LogP contribution in [0.25, 0.3) is 0 Å². The van der Waals surface area contributed by atoms with Crippen molar-refractivity contribution in [3.63, 3.8) is 0 Å². The molecule has 6 nitrogen and oxygen atoms in total. The molecule has 0 radical (unpaired) electrons. The van der Waals surface area contributed by atoms with Crippen LogP contribution >= 0.6 is 0 Å². The van der Waals surface area contributed by atoms with Crippen LogP contribution < -0.4 is 9.47 Å². The highest BCUT2D eigenvalue weighted by Gasteiger charge is 2.24. The number of methoxy groups -OCH3 is 1. The Bertz CT molecular complexity index is 658. The van der Waals surface area contributed by atoms with Crippen LogP contribution in [-0.2, 0) is 13.2 Å². The van der Waals surface area contributed by atoms with E-state index in [0.717, 1.165) is 0 Å². The molecule has 4 N–H and O–H groups in total. The Balaban J connectivity index is 2.24. The maximum Gasteiger partial charge on any atom is 0.152 e. The van der Waals surface area contributed by atoms with Crippen molar-refractivity contribution in [1.82, 2.24) is 0 Å². The molecule has 2 atom stereocenters. The molecule has 0 aliphatic heterocycles. The number of aliphatic hydroxyl groups is 4. The Morgan fingerprint density at radius 3 is 2.21 bits per heavy atom. The SMILES string of the molecule is COc1cc(C(O)C(CO)Oc2ccccc2CO)ccc1CO. The maximum atomic E-state index is 10.5. The van der Waals surface area contributed by atoms with Crippen LogP contribution in [0.1, 0.15) is 22.8 Å². The van der Waals surface area contributed by atoms with Crippen molar-refractivity contribution >= 4 is 0 Å². The summed E-state index contributed by atoms with van der Waals surface area (Å²) in [4.78, 5) is 0. The third-order valence-electron chi connectivity index (χ3n) is 3.78. The molecule has 0 spiro atoms. The smallest absolute Gasteiger partial charge is 0.152 e. The van der Waals surface area contributed by atoms with Gasteiger partial charge in [-0.15, -0.1) is 0 Å². The summed E-state index contributed by atoms with van der Waals surface area (Å²) in [5.74, 6) is 0.846. The fourth-order valence-electron chi connectivity index (χ4n) is 2.40. The molecule has 0 aliphatic rings. The van der Waals surface area contributed by atoms with E-state index >= 15 is 0 Å². The second-order valence-electron chi connectivity index (χ2n) is 5.28. The molecule has 0 bridgehead atoms. The summed E-state index contributed by atoms with van der Waals surface area (Å²) >= 11 is 0. The first-order chi connectivity index (χ1) is 11.6. The molecule has 130 valence electrons. The highest BCUT2D eigenvalue weighted by molar-refractivity contribution is 5.39. The monoisotopic (exact) mass is 334 g/mol. The lowest BCUT2D eigenvalue weighted by atomic mass is 10.0. The lowest BCUT2D eigenvalue weighted by Crippen LogP contribution is -2.29. The average Bonchev–Trinajstić information content (AvgIpc) is 2.65. The molecule has 24 heavy (non-hydrogen) atoms. The normalized spacial score (nSPS) is 13.4. The van der Waals surface area contributed by atoms with Gasteiger partial charge in [-0.2, -0.15) is 0 Å². The zero-order valence-electron chi connectivity index (χ0n) is 13.4. The number of ether oxygens (including phenoxy) is 2. The van der Waals surface area contributed by atoms with Gasteiger partial charge in [-0.1, -0.05) is 30.3 Å². The van der Waals surface area contributed by atoms with Gasteiger partial charge in [-0.3, -0.25) is 0 Å². The standard InChI is InChI=1S/C18H22O6/c1-23-16-8-12(6-7-14(16)10-20)18(22)17(11-21)24-15-5-3-2-4-13(15)9-19/h2-8,17-22H,9-11H2,1H3. The van der Waals surface area contributed by atoms with E-state index in [4.69, 9.17) is 9.47 Å². The molecular formula is C18H22O6. The van der Waals surface area contributed by atoms with Crippen molar-refractivity contribution < 1.29 is 29.9 Å². The highest BCUT2D eigenvalue weighted by Crippen LogP contribution is 2.28. The first-order valence-corrected chi connectivity index (χ1v) is 7.56. The number of benzene rings is 2. The Kier molecular flexibility index (Phi) is 6.57. The third-order valence-corrected chi connectivity index (χ3v) is 3.78. The van der Waals surface area contributed by atoms with E-state index in [1.54, 1.807) is 42.5 Å². The number of aliphatic hydroxyl groups excluding tert-OH is 4. The minimum atomic E-state index is -1.11. The van der Waals surface area contributed by atoms with E-state index in [0.29, 0.717) is 28.2 Å². The summed E-state index contributed by atoms with van der Waals surface area (Å²) in [6.45, 7) is -0.794. The molecule has 0 heterocycles. The molecule has 0 saturated heterocycles. The van der Waals surface area contributed by atoms with E-state index in [1.165, 1.54) is 7.11 Å². The van der Waals surface area contributed by atoms with E-state index < -0.39 is 18.8 Å². The Hall–Kier alpha value is -2.12. The summed E-state index contributed by atoms with van der Waals surface area (Å²) in [5.41, 5.74) is 1.65. The maximum absolute atomic E-state index is 10.5. The second kappa shape index (κ2) is 8.65. The minimum absolute atomic E-state index is 0.177. The molecule has 2 aromatic rings. The lowest BCUT2D eigenvalue weighted by molar-refractivity contribution is -0.000339. The molecule has 2 aromatic carbocycles. The van der Waals surface area contributed by atoms with E-state index in [-0.39, 0.29) is 13.2 Å². The number of hydrogen-bond acceptors (Lipinski definition) is 6. The largest absolute Gasteiger partial charge is 0.496 e. The van der Waals surface area contributed by atoms with Crippen molar-refractivity contribution in [1.29, 1.82) is 0 Å². The molecule has 0 saturated carbocycles. The van der Waals surface area contributed by atoms with Crippen molar-refractivity contribution in [3.8, 4) is 11.5 Å². The molecule has 2 rings (SSSR count). The third kappa shape index (κ3) is 4.04. The first-order valence-electron chi connectivity index (χ1n) is 7.56. The fourth-order valence-corrected chi connectivity index (χ4v) is 2.40. The topological polar surface area (TPSA) is 99.4 Å². The summed E-state index contributed by atoms with van der Waals surface area (Å²) in [6.07, 6.45) is -2.02. The first kappa shape index (κ1) is 18.2. The molecule has 2 unspecified atom stereocenters. The van der Waals surface area contributed by atoms with Gasteiger partial charge in [0.05, 0.1) is 26.9 Å². The fraction of sp³-hybridized carbons (Fsp3) is 0.333. The summed E-state index contributed by atoms with van der Waals surface area (Å²) in [5, 5.41) is 38.7. The van der Waals surface area contributed by atoms with Gasteiger partial charge in [0.1, 0.15) is 17.6 Å². The molecule has 0 fully saturated rings. The highest BCUT2D eigenvalue weighted by atomic mass is 16.5. The summed E-state index contributed by atoms with van der Waals surface area (Å²) in [7, 11) is 1.47. The van der Waals surface area contributed by atoms with Crippen molar-refractivity contribution in [2.75, 3.05) is 13.7 Å². The van der Waals surface area contributed by atoms with Gasteiger partial charge in [0.15, 0.2) is 6.10 Å². The van der Waals surface area contributed by atoms with Crippen LogP contribution in [0.3, 0.4) is 0 Å². The Morgan fingerprint density at radius 1 is 0.917 bits per heavy atom. The predicted octanol–water partition coefficient (Wildman–Crippen LogP) is 1.15. The number of para-hydroxylation sites is 1. The van der Waals surface area contributed by atoms with Gasteiger partial charge in [0.25, 0.3) is 0 Å². The van der Waals surface area contributed by atoms with Gasteiger partial charge >= 0.3 is 0 Å². The van der Waals surface area contributed by atoms with Gasteiger partial charge in [0, 0.05) is 11.1 Å². The van der Waals surface area contributed by atoms with Crippen molar-refractivity contribution in [3.05, 3.63) is 59.2 Å². The van der Waals surface area contributed by atoms with Crippen molar-refractivity contribution in [2.24, 2.45) is 0 Å². The second-order valence-corrected chi connectivity index (χ2v) is 5.28. The predicted molar refractivity (Wildman–Crippen MR) is 87.7 cm³/mol. The number of rotatable bonds is 8. The van der Waals surface area contributed by atoms with Crippen LogP contribution in [0.5, 0.6) is 11.5 Å². The Labute approximate surface area is 140 Å². The van der Waals surface area contributed by atoms with Crippen LogP contribution in [0.15, 0.2) is 42.5 Å². The molecule has 0 aromatic heterocycles. The van der Waals surface area contributed by atoms with Crippen LogP contribution in [0.2, 0.25) is 0 Å². The number of hydrogen-bond donors (Lipinski definition) is 4. The van der Waals surface area contributed by atoms with E-state index in [9.17, 15) is 20.4 Å². The molecular weight excluding hydrogens is 312 g/mol. The minimum Gasteiger partial charge on any atom is -0.496 e. The summed E-state index contributed by atoms with van der Waals surface area (Å²) < 4.78 is 10.9. The molecule has 0 amide bonds. The lowest BCUT2D eigenvalue weighted by Gasteiger charge is -2.24. The zero-order valence-corrected chi connectivity index (χ0v) is 13.4. The zero-order chi connectivity index (χ0) is 17.5. The average molecular weight is 334 g/mol. The van der Waals surface area contributed by atoms with Crippen LogP contribution in [0, 0.1) is 0 Å².